The molecule has 0 spiro atoms. The molecule has 1 aliphatic rings. The molecule has 0 aromatic rings. The summed E-state index contributed by atoms with van der Waals surface area (Å²) in [6, 6.07) is 0. The van der Waals surface area contributed by atoms with Gasteiger partial charge in [0.25, 0.3) is 0 Å². The normalized spacial score (nSPS) is 19.2. The van der Waals surface area contributed by atoms with Crippen molar-refractivity contribution in [1.82, 2.24) is 0 Å². The van der Waals surface area contributed by atoms with Crippen LogP contribution in [0.1, 0.15) is 68.2 Å². The summed E-state index contributed by atoms with van der Waals surface area (Å²) in [4.78, 5) is 23.8. The molecule has 0 saturated heterocycles. The van der Waals surface area contributed by atoms with E-state index in [1.165, 1.54) is 19.9 Å². The number of allylic oxidation sites excluding steroid dienone is 15. The zero-order valence-corrected chi connectivity index (χ0v) is 21.5. The minimum absolute atomic E-state index is 0.0316. The molecule has 1 aliphatic carbocycles. The van der Waals surface area contributed by atoms with Crippen LogP contribution >= 0.6 is 0 Å². The summed E-state index contributed by atoms with van der Waals surface area (Å²) in [5.41, 5.74) is 3.86. The van der Waals surface area contributed by atoms with Crippen LogP contribution in [0.15, 0.2) is 94.7 Å². The number of ketones is 2. The van der Waals surface area contributed by atoms with E-state index in [9.17, 15) is 14.7 Å². The fourth-order valence-electron chi connectivity index (χ4n) is 3.32. The van der Waals surface area contributed by atoms with Crippen molar-refractivity contribution in [2.24, 2.45) is 5.41 Å². The van der Waals surface area contributed by atoms with Gasteiger partial charge in [0, 0.05) is 6.42 Å². The van der Waals surface area contributed by atoms with E-state index in [0.717, 1.165) is 34.3 Å². The zero-order chi connectivity index (χ0) is 25.2. The first-order chi connectivity index (χ1) is 15.2. The smallest absolute Gasteiger partial charge is 0.186 e. The molecule has 0 heterocycles. The van der Waals surface area contributed by atoms with E-state index in [0.29, 0.717) is 6.42 Å². The predicted molar refractivity (Wildman–Crippen MR) is 140 cm³/mol. The molecule has 33 heavy (non-hydrogen) atoms. The number of rotatable bonds is 9. The molecule has 0 bridgehead atoms. The minimum Gasteiger partial charge on any atom is -0.382 e. The number of aliphatic hydroxyl groups is 1. The molecule has 178 valence electrons. The average molecular weight is 449 g/mol. The lowest BCUT2D eigenvalue weighted by atomic mass is 9.72. The Morgan fingerprint density at radius 2 is 1.39 bits per heavy atom. The van der Waals surface area contributed by atoms with Gasteiger partial charge in [-0.1, -0.05) is 91.3 Å². The third-order valence-corrected chi connectivity index (χ3v) is 5.69. The molecule has 0 amide bonds. The highest BCUT2D eigenvalue weighted by atomic mass is 16.3. The average Bonchev–Trinajstić information content (AvgIpc) is 2.71. The number of carbonyl (C=O) groups excluding carboxylic acids is 2. The highest BCUT2D eigenvalue weighted by molar-refractivity contribution is 5.97. The molecule has 0 radical (unpaired) electrons. The Hall–Kier alpha value is -2.78. The maximum absolute atomic E-state index is 12.1. The third kappa shape index (κ3) is 10.1. The van der Waals surface area contributed by atoms with Crippen molar-refractivity contribution in [3.63, 3.8) is 0 Å². The number of Topliss-reactive ketones (excluding diaryl/α,β-unsaturated/α-hetero) is 1. The fourth-order valence-corrected chi connectivity index (χ4v) is 3.32. The molecule has 0 aromatic carbocycles. The third-order valence-electron chi connectivity index (χ3n) is 5.69. The van der Waals surface area contributed by atoms with E-state index in [2.05, 4.69) is 39.0 Å². The van der Waals surface area contributed by atoms with Crippen LogP contribution in [0.2, 0.25) is 0 Å². The maximum Gasteiger partial charge on any atom is 0.186 e. The number of hydrogen-bond acceptors (Lipinski definition) is 3. The molecule has 0 aromatic heterocycles. The van der Waals surface area contributed by atoms with Crippen molar-refractivity contribution >= 4 is 11.6 Å². The predicted octanol–water partition coefficient (Wildman–Crippen LogP) is 7.10. The number of hydrogen-bond donors (Lipinski definition) is 1. The quantitative estimate of drug-likeness (QED) is 0.302. The molecule has 0 unspecified atom stereocenters. The van der Waals surface area contributed by atoms with Gasteiger partial charge in [-0.05, 0) is 70.6 Å². The Bertz CT molecular complexity index is 978. The molecule has 3 nitrogen and oxygen atoms in total. The number of carbonyl (C=O) groups is 2. The van der Waals surface area contributed by atoms with Crippen molar-refractivity contribution in [3.05, 3.63) is 94.7 Å². The van der Waals surface area contributed by atoms with Gasteiger partial charge in [0.2, 0.25) is 0 Å². The monoisotopic (exact) mass is 448 g/mol. The van der Waals surface area contributed by atoms with E-state index in [1.54, 1.807) is 6.08 Å². The first-order valence-electron chi connectivity index (χ1n) is 11.5. The van der Waals surface area contributed by atoms with Gasteiger partial charge in [-0.25, -0.2) is 0 Å². The summed E-state index contributed by atoms with van der Waals surface area (Å²) in [7, 11) is 0. The topological polar surface area (TPSA) is 54.4 Å². The van der Waals surface area contributed by atoms with Gasteiger partial charge in [0.1, 0.15) is 5.60 Å². The lowest BCUT2D eigenvalue weighted by molar-refractivity contribution is -0.128. The van der Waals surface area contributed by atoms with E-state index in [-0.39, 0.29) is 17.0 Å². The van der Waals surface area contributed by atoms with Crippen LogP contribution in [0, 0.1) is 5.41 Å². The van der Waals surface area contributed by atoms with E-state index < -0.39 is 5.60 Å². The lowest BCUT2D eigenvalue weighted by Crippen LogP contribution is -2.29. The van der Waals surface area contributed by atoms with Crippen LogP contribution in [0.4, 0.5) is 0 Å². The van der Waals surface area contributed by atoms with Crippen molar-refractivity contribution < 1.29 is 14.7 Å². The Labute approximate surface area is 200 Å². The molecule has 0 fully saturated rings. The maximum atomic E-state index is 12.1. The first kappa shape index (κ1) is 28.3. The second-order valence-electron chi connectivity index (χ2n) is 9.91. The molecule has 1 rings (SSSR count). The highest BCUT2D eigenvalue weighted by Gasteiger charge is 2.30. The molecule has 1 N–H and O–H groups in total. The van der Waals surface area contributed by atoms with Gasteiger partial charge >= 0.3 is 0 Å². The summed E-state index contributed by atoms with van der Waals surface area (Å²) in [5.74, 6) is -0.0610. The van der Waals surface area contributed by atoms with E-state index in [1.807, 2.05) is 57.2 Å². The van der Waals surface area contributed by atoms with Crippen LogP contribution in [-0.2, 0) is 9.59 Å². The van der Waals surface area contributed by atoms with Crippen molar-refractivity contribution in [2.45, 2.75) is 73.8 Å². The Kier molecular flexibility index (Phi) is 10.7. The molecule has 0 atom stereocenters. The molecular weight excluding hydrogens is 408 g/mol. The zero-order valence-electron chi connectivity index (χ0n) is 21.5. The summed E-state index contributed by atoms with van der Waals surface area (Å²) in [6.07, 6.45) is 22.7. The second-order valence-corrected chi connectivity index (χ2v) is 9.91. The fraction of sp³-hybridized carbons (Fsp3) is 0.400. The minimum atomic E-state index is -1.34. The first-order valence-corrected chi connectivity index (χ1v) is 11.5. The highest BCUT2D eigenvalue weighted by Crippen LogP contribution is 2.39. The van der Waals surface area contributed by atoms with E-state index in [4.69, 9.17) is 0 Å². The molecular formula is C30H40O3. The lowest BCUT2D eigenvalue weighted by Gasteiger charge is -2.32. The summed E-state index contributed by atoms with van der Waals surface area (Å²) in [6.45, 7) is 15.3. The Morgan fingerprint density at radius 3 is 1.97 bits per heavy atom. The van der Waals surface area contributed by atoms with Crippen molar-refractivity contribution in [1.29, 1.82) is 0 Å². The van der Waals surface area contributed by atoms with Gasteiger partial charge in [-0.2, -0.15) is 0 Å². The van der Waals surface area contributed by atoms with Gasteiger partial charge < -0.3 is 5.11 Å². The van der Waals surface area contributed by atoms with Gasteiger partial charge in [-0.3, -0.25) is 9.59 Å². The Balaban J connectivity index is 2.72. The van der Waals surface area contributed by atoms with E-state index >= 15 is 0 Å². The summed E-state index contributed by atoms with van der Waals surface area (Å²) in [5, 5.41) is 9.64. The van der Waals surface area contributed by atoms with Crippen LogP contribution in [0.5, 0.6) is 0 Å². The largest absolute Gasteiger partial charge is 0.382 e. The van der Waals surface area contributed by atoms with Gasteiger partial charge in [-0.15, -0.1) is 0 Å². The second kappa shape index (κ2) is 12.5. The Morgan fingerprint density at radius 1 is 0.879 bits per heavy atom. The molecule has 0 saturated carbocycles. The molecule has 0 aliphatic heterocycles. The van der Waals surface area contributed by atoms with Crippen LogP contribution in [0.25, 0.3) is 0 Å². The van der Waals surface area contributed by atoms with Crippen LogP contribution in [0.3, 0.4) is 0 Å². The summed E-state index contributed by atoms with van der Waals surface area (Å²) >= 11 is 0. The SMILES string of the molecule is CC(C=CC=C(C)C=CC1=C(C)C(=O)CCC1(C)C)=CC=CC=C(C)C=CC(=O)C(C)(C)O. The van der Waals surface area contributed by atoms with Crippen molar-refractivity contribution in [2.75, 3.05) is 0 Å². The molecule has 3 heteroatoms. The standard InChI is InChI=1S/C30H40O3/c1-22(12-9-10-13-23(2)17-19-28(32)30(7,8)33)14-11-15-24(3)16-18-26-25(4)27(31)20-21-29(26,5)6/h9-19,33H,20-21H2,1-8H3. The van der Waals surface area contributed by atoms with Crippen molar-refractivity contribution in [3.8, 4) is 0 Å². The van der Waals surface area contributed by atoms with Crippen LogP contribution in [-0.4, -0.2) is 22.3 Å². The van der Waals surface area contributed by atoms with Gasteiger partial charge in [0.15, 0.2) is 11.6 Å². The van der Waals surface area contributed by atoms with Crippen LogP contribution < -0.4 is 0 Å². The summed E-state index contributed by atoms with van der Waals surface area (Å²) < 4.78 is 0. The van der Waals surface area contributed by atoms with Gasteiger partial charge in [0.05, 0.1) is 0 Å².